The number of amides is 2. The molecule has 1 aromatic carbocycles. The number of aliphatic hydroxyl groups excluding tert-OH is 1. The van der Waals surface area contributed by atoms with Crippen LogP contribution in [0, 0.1) is 0 Å². The first-order chi connectivity index (χ1) is 7.59. The molecular weight excluding hydrogens is 212 g/mol. The van der Waals surface area contributed by atoms with E-state index in [0.29, 0.717) is 5.56 Å². The fourth-order valence-corrected chi connectivity index (χ4v) is 1.10. The molecule has 0 aliphatic rings. The lowest BCUT2D eigenvalue weighted by molar-refractivity contribution is 0.142. The molecule has 1 atom stereocenters. The van der Waals surface area contributed by atoms with Gasteiger partial charge in [-0.15, -0.1) is 0 Å². The van der Waals surface area contributed by atoms with Crippen LogP contribution in [0.2, 0.25) is 0 Å². The van der Waals surface area contributed by atoms with E-state index in [1.807, 2.05) is 6.07 Å². The number of rotatable bonds is 3. The fourth-order valence-electron chi connectivity index (χ4n) is 1.10. The number of aliphatic hydroxyl groups is 1. The summed E-state index contributed by atoms with van der Waals surface area (Å²) in [4.78, 5) is 21.0. The van der Waals surface area contributed by atoms with Crippen LogP contribution in [-0.4, -0.2) is 23.8 Å². The Morgan fingerprint density at radius 1 is 1.38 bits per heavy atom. The molecular formula is C10H12N2O4. The first-order valence-electron chi connectivity index (χ1n) is 4.57. The number of alkyl carbamates (subject to hydrolysis) is 1. The van der Waals surface area contributed by atoms with Crippen molar-refractivity contribution in [2.45, 2.75) is 6.10 Å². The SMILES string of the molecule is NC(=O)OC(=O)NCC(O)c1ccccc1. The molecule has 6 nitrogen and oxygen atoms in total. The van der Waals surface area contributed by atoms with E-state index >= 15 is 0 Å². The van der Waals surface area contributed by atoms with Crippen LogP contribution < -0.4 is 11.1 Å². The molecule has 0 saturated carbocycles. The van der Waals surface area contributed by atoms with Crippen molar-refractivity contribution in [2.24, 2.45) is 5.73 Å². The highest BCUT2D eigenvalue weighted by atomic mass is 16.6. The van der Waals surface area contributed by atoms with Crippen LogP contribution in [0.1, 0.15) is 11.7 Å². The zero-order valence-corrected chi connectivity index (χ0v) is 8.42. The molecule has 0 spiro atoms. The van der Waals surface area contributed by atoms with Crippen molar-refractivity contribution >= 4 is 12.2 Å². The molecule has 6 heteroatoms. The summed E-state index contributed by atoms with van der Waals surface area (Å²) in [6.45, 7) is -0.0594. The molecule has 1 rings (SSSR count). The highest BCUT2D eigenvalue weighted by Gasteiger charge is 2.10. The summed E-state index contributed by atoms with van der Waals surface area (Å²) >= 11 is 0. The van der Waals surface area contributed by atoms with Gasteiger partial charge in [-0.05, 0) is 5.56 Å². The number of carbonyl (C=O) groups is 2. The number of carbonyl (C=O) groups excluding carboxylic acids is 2. The summed E-state index contributed by atoms with van der Waals surface area (Å²) in [7, 11) is 0. The minimum absolute atomic E-state index is 0.0594. The van der Waals surface area contributed by atoms with Crippen LogP contribution in [-0.2, 0) is 4.74 Å². The van der Waals surface area contributed by atoms with Crippen LogP contribution in [0.25, 0.3) is 0 Å². The van der Waals surface area contributed by atoms with Crippen molar-refractivity contribution in [1.29, 1.82) is 0 Å². The quantitative estimate of drug-likeness (QED) is 0.651. The lowest BCUT2D eigenvalue weighted by Gasteiger charge is -2.11. The number of ether oxygens (including phenoxy) is 1. The lowest BCUT2D eigenvalue weighted by atomic mass is 10.1. The number of hydrogen-bond donors (Lipinski definition) is 3. The Morgan fingerprint density at radius 3 is 2.56 bits per heavy atom. The van der Waals surface area contributed by atoms with Crippen molar-refractivity contribution in [2.75, 3.05) is 6.54 Å². The van der Waals surface area contributed by atoms with Gasteiger partial charge in [-0.25, -0.2) is 9.59 Å². The van der Waals surface area contributed by atoms with E-state index in [-0.39, 0.29) is 6.54 Å². The summed E-state index contributed by atoms with van der Waals surface area (Å²) in [5.74, 6) is 0. The van der Waals surface area contributed by atoms with E-state index < -0.39 is 18.3 Å². The summed E-state index contributed by atoms with van der Waals surface area (Å²) in [5.41, 5.74) is 5.28. The van der Waals surface area contributed by atoms with Gasteiger partial charge in [0.1, 0.15) is 0 Å². The normalized spacial score (nSPS) is 11.6. The van der Waals surface area contributed by atoms with Crippen LogP contribution >= 0.6 is 0 Å². The Bertz CT molecular complexity index is 366. The zero-order valence-electron chi connectivity index (χ0n) is 8.42. The molecule has 0 bridgehead atoms. The maximum atomic E-state index is 10.8. The van der Waals surface area contributed by atoms with Gasteiger partial charge in [0, 0.05) is 0 Å². The Kier molecular flexibility index (Phi) is 4.28. The molecule has 1 aromatic rings. The molecule has 0 aliphatic heterocycles. The second-order valence-electron chi connectivity index (χ2n) is 3.02. The summed E-state index contributed by atoms with van der Waals surface area (Å²) in [5, 5.41) is 11.8. The van der Waals surface area contributed by atoms with Gasteiger partial charge in [0.25, 0.3) is 0 Å². The summed E-state index contributed by atoms with van der Waals surface area (Å²) in [6, 6.07) is 8.77. The number of hydrogen-bond acceptors (Lipinski definition) is 4. The van der Waals surface area contributed by atoms with Gasteiger partial charge in [0.15, 0.2) is 0 Å². The van der Waals surface area contributed by atoms with Gasteiger partial charge in [-0.1, -0.05) is 30.3 Å². The summed E-state index contributed by atoms with van der Waals surface area (Å²) < 4.78 is 4.01. The molecule has 16 heavy (non-hydrogen) atoms. The minimum Gasteiger partial charge on any atom is -0.387 e. The minimum atomic E-state index is -1.19. The van der Waals surface area contributed by atoms with Gasteiger partial charge < -0.3 is 20.9 Å². The first-order valence-corrected chi connectivity index (χ1v) is 4.57. The van der Waals surface area contributed by atoms with E-state index in [1.54, 1.807) is 24.3 Å². The van der Waals surface area contributed by atoms with Gasteiger partial charge in [0.2, 0.25) is 0 Å². The molecule has 2 amide bonds. The first kappa shape index (κ1) is 12.0. The fraction of sp³-hybridized carbons (Fsp3) is 0.200. The van der Waals surface area contributed by atoms with Gasteiger partial charge in [0.05, 0.1) is 12.6 Å². The van der Waals surface area contributed by atoms with Gasteiger partial charge in [-0.3, -0.25) is 0 Å². The average Bonchev–Trinajstić information content (AvgIpc) is 2.26. The van der Waals surface area contributed by atoms with E-state index in [4.69, 9.17) is 0 Å². The van der Waals surface area contributed by atoms with E-state index in [0.717, 1.165) is 0 Å². The third-order valence-electron chi connectivity index (χ3n) is 1.82. The number of primary amides is 1. The molecule has 0 saturated heterocycles. The summed E-state index contributed by atoms with van der Waals surface area (Å²) in [6.07, 6.45) is -3.03. The Morgan fingerprint density at radius 2 is 2.00 bits per heavy atom. The molecule has 86 valence electrons. The third kappa shape index (κ3) is 3.97. The van der Waals surface area contributed by atoms with Crippen molar-refractivity contribution in [3.8, 4) is 0 Å². The van der Waals surface area contributed by atoms with Gasteiger partial charge in [-0.2, -0.15) is 0 Å². The van der Waals surface area contributed by atoms with Crippen LogP contribution in [0.15, 0.2) is 30.3 Å². The van der Waals surface area contributed by atoms with Crippen molar-refractivity contribution in [1.82, 2.24) is 5.32 Å². The standard InChI is InChI=1S/C10H12N2O4/c11-9(14)16-10(15)12-6-8(13)7-4-2-1-3-5-7/h1-5,8,13H,6H2,(H2,11,14)(H,12,15). The molecule has 0 fully saturated rings. The molecule has 0 aromatic heterocycles. The van der Waals surface area contributed by atoms with E-state index in [9.17, 15) is 14.7 Å². The van der Waals surface area contributed by atoms with Crippen LogP contribution in [0.3, 0.4) is 0 Å². The number of nitrogens with one attached hydrogen (secondary N) is 1. The predicted octanol–water partition coefficient (Wildman–Crippen LogP) is 0.525. The molecule has 0 aliphatic carbocycles. The van der Waals surface area contributed by atoms with Crippen LogP contribution in [0.4, 0.5) is 9.59 Å². The third-order valence-corrected chi connectivity index (χ3v) is 1.82. The van der Waals surface area contributed by atoms with Gasteiger partial charge >= 0.3 is 12.2 Å². The van der Waals surface area contributed by atoms with E-state index in [2.05, 4.69) is 15.8 Å². The predicted molar refractivity (Wildman–Crippen MR) is 55.5 cm³/mol. The Labute approximate surface area is 92.0 Å². The molecule has 0 heterocycles. The average molecular weight is 224 g/mol. The molecule has 1 unspecified atom stereocenters. The number of benzene rings is 1. The molecule has 4 N–H and O–H groups in total. The van der Waals surface area contributed by atoms with E-state index in [1.165, 1.54) is 0 Å². The highest BCUT2D eigenvalue weighted by molar-refractivity contribution is 5.82. The second kappa shape index (κ2) is 5.72. The monoisotopic (exact) mass is 224 g/mol. The smallest absolute Gasteiger partial charge is 0.387 e. The van der Waals surface area contributed by atoms with Crippen molar-refractivity contribution < 1.29 is 19.4 Å². The zero-order chi connectivity index (χ0) is 12.0. The van der Waals surface area contributed by atoms with Crippen molar-refractivity contribution in [3.63, 3.8) is 0 Å². The lowest BCUT2D eigenvalue weighted by Crippen LogP contribution is -2.32. The Hall–Kier alpha value is -2.08. The largest absolute Gasteiger partial charge is 0.416 e. The number of nitrogens with two attached hydrogens (primary N) is 1. The maximum absolute atomic E-state index is 10.8. The Balaban J connectivity index is 2.39. The van der Waals surface area contributed by atoms with Crippen LogP contribution in [0.5, 0.6) is 0 Å². The highest BCUT2D eigenvalue weighted by Crippen LogP contribution is 2.10. The second-order valence-corrected chi connectivity index (χ2v) is 3.02. The topological polar surface area (TPSA) is 102 Å². The molecule has 0 radical (unpaired) electrons. The van der Waals surface area contributed by atoms with Crippen molar-refractivity contribution in [3.05, 3.63) is 35.9 Å². The maximum Gasteiger partial charge on any atom is 0.416 e.